The monoisotopic (exact) mass is 436 g/mol. The van der Waals surface area contributed by atoms with E-state index in [-0.39, 0.29) is 11.9 Å². The molecule has 2 saturated heterocycles. The Hall–Kier alpha value is -1.96. The topological polar surface area (TPSA) is 59.2 Å². The molecule has 1 aromatic rings. The molecule has 0 N–H and O–H groups in total. The Morgan fingerprint density at radius 1 is 1.10 bits per heavy atom. The molecular formula is C20H24Cl2N5O2+. The quantitative estimate of drug-likeness (QED) is 0.681. The van der Waals surface area contributed by atoms with Gasteiger partial charge < -0.3 is 0 Å². The van der Waals surface area contributed by atoms with Crippen LogP contribution in [0, 0.1) is 0 Å². The van der Waals surface area contributed by atoms with Crippen LogP contribution < -0.4 is 0 Å². The van der Waals surface area contributed by atoms with Gasteiger partial charge >= 0.3 is 11.9 Å². The lowest BCUT2D eigenvalue weighted by Gasteiger charge is -2.31. The number of benzene rings is 1. The second-order valence-electron chi connectivity index (χ2n) is 7.73. The maximum absolute atomic E-state index is 13.0. The zero-order chi connectivity index (χ0) is 20.7. The number of rotatable bonds is 4. The lowest BCUT2D eigenvalue weighted by atomic mass is 10.1. The van der Waals surface area contributed by atoms with Crippen LogP contribution in [0.2, 0.25) is 10.0 Å². The molecule has 154 valence electrons. The fourth-order valence-electron chi connectivity index (χ4n) is 4.11. The third-order valence-corrected chi connectivity index (χ3v) is 6.37. The van der Waals surface area contributed by atoms with Gasteiger partial charge in [-0.05, 0) is 43.1 Å². The number of likely N-dealkylation sites (tertiary alicyclic amines) is 1. The normalized spacial score (nSPS) is 23.0. The van der Waals surface area contributed by atoms with Gasteiger partial charge in [0.05, 0.1) is 0 Å². The fourth-order valence-corrected chi connectivity index (χ4v) is 4.58. The van der Waals surface area contributed by atoms with E-state index in [1.807, 2.05) is 10.6 Å². The van der Waals surface area contributed by atoms with E-state index in [1.165, 1.54) is 18.4 Å². The molecule has 3 amide bonds. The van der Waals surface area contributed by atoms with Crippen molar-refractivity contribution in [2.24, 2.45) is 4.99 Å². The Bertz CT molecular complexity index is 923. The molecule has 0 saturated carbocycles. The van der Waals surface area contributed by atoms with Crippen LogP contribution in [0.3, 0.4) is 0 Å². The van der Waals surface area contributed by atoms with Crippen LogP contribution in [-0.4, -0.2) is 82.7 Å². The highest BCUT2D eigenvalue weighted by molar-refractivity contribution is 6.35. The molecule has 0 radical (unpaired) electrons. The fraction of sp³-hybridized carbons (Fsp3) is 0.500. The molecule has 3 aliphatic rings. The molecule has 0 aliphatic carbocycles. The summed E-state index contributed by atoms with van der Waals surface area (Å²) in [4.78, 5) is 35.1. The van der Waals surface area contributed by atoms with Crippen molar-refractivity contribution in [2.75, 3.05) is 33.7 Å². The van der Waals surface area contributed by atoms with Crippen molar-refractivity contribution in [1.82, 2.24) is 14.7 Å². The van der Waals surface area contributed by atoms with Gasteiger partial charge in [0.15, 0.2) is 0 Å². The number of hydrogen-bond acceptors (Lipinski definition) is 4. The smallest absolute Gasteiger partial charge is 0.292 e. The van der Waals surface area contributed by atoms with Crippen LogP contribution in [0.15, 0.2) is 23.2 Å². The summed E-state index contributed by atoms with van der Waals surface area (Å²) in [5.41, 5.74) is 0.860. The molecule has 3 aliphatic heterocycles. The first-order valence-corrected chi connectivity index (χ1v) is 10.5. The Kier molecular flexibility index (Phi) is 5.64. The number of carbonyl (C=O) groups is 2. The van der Waals surface area contributed by atoms with Crippen molar-refractivity contribution in [2.45, 2.75) is 31.8 Å². The number of likely N-dealkylation sites (N-methyl/N-ethyl adjacent to an activating group) is 2. The summed E-state index contributed by atoms with van der Waals surface area (Å²) in [5, 5.41) is 1.11. The van der Waals surface area contributed by atoms with Crippen molar-refractivity contribution in [3.8, 4) is 0 Å². The van der Waals surface area contributed by atoms with E-state index in [1.54, 1.807) is 19.2 Å². The van der Waals surface area contributed by atoms with Crippen LogP contribution in [-0.2, 0) is 11.3 Å². The van der Waals surface area contributed by atoms with E-state index in [9.17, 15) is 9.59 Å². The number of urea groups is 1. The number of halogens is 2. The van der Waals surface area contributed by atoms with E-state index >= 15 is 0 Å². The number of imide groups is 1. The first-order chi connectivity index (χ1) is 13.9. The van der Waals surface area contributed by atoms with Crippen LogP contribution in [0.4, 0.5) is 4.79 Å². The number of amidine groups is 2. The Morgan fingerprint density at radius 2 is 1.83 bits per heavy atom. The zero-order valence-corrected chi connectivity index (χ0v) is 18.1. The molecule has 1 aromatic carbocycles. The Labute approximate surface area is 180 Å². The average Bonchev–Trinajstić information content (AvgIpc) is 3.05. The number of aliphatic imine (C=N–C) groups is 1. The molecule has 3 heterocycles. The van der Waals surface area contributed by atoms with Gasteiger partial charge in [0, 0.05) is 29.7 Å². The molecule has 4 rings (SSSR count). The van der Waals surface area contributed by atoms with Crippen LogP contribution in [0.25, 0.3) is 0 Å². The SMILES string of the molecule is CN1C(=O)C2C(=NC(CN3CCCCC3)=[N+]2Cc2ccc(Cl)cc2Cl)N(C)C1=O. The van der Waals surface area contributed by atoms with Crippen molar-refractivity contribution >= 4 is 46.8 Å². The lowest BCUT2D eigenvalue weighted by Crippen LogP contribution is -2.61. The number of amides is 3. The number of carbonyl (C=O) groups excluding carboxylic acids is 2. The van der Waals surface area contributed by atoms with E-state index < -0.39 is 6.04 Å². The van der Waals surface area contributed by atoms with E-state index in [4.69, 9.17) is 28.2 Å². The average molecular weight is 437 g/mol. The van der Waals surface area contributed by atoms with Crippen molar-refractivity contribution in [3.05, 3.63) is 33.8 Å². The van der Waals surface area contributed by atoms with E-state index in [0.29, 0.717) is 29.0 Å². The summed E-state index contributed by atoms with van der Waals surface area (Å²) in [5.74, 6) is 1.00. The Morgan fingerprint density at radius 3 is 2.52 bits per heavy atom. The summed E-state index contributed by atoms with van der Waals surface area (Å²) < 4.78 is 1.97. The third-order valence-electron chi connectivity index (χ3n) is 5.78. The third kappa shape index (κ3) is 3.79. The Balaban J connectivity index is 1.72. The maximum Gasteiger partial charge on any atom is 0.333 e. The highest BCUT2D eigenvalue weighted by Gasteiger charge is 2.53. The summed E-state index contributed by atoms with van der Waals surface area (Å²) in [7, 11) is 3.17. The summed E-state index contributed by atoms with van der Waals surface area (Å²) >= 11 is 12.5. The van der Waals surface area contributed by atoms with Crippen molar-refractivity contribution in [1.29, 1.82) is 0 Å². The van der Waals surface area contributed by atoms with Gasteiger partial charge in [-0.3, -0.25) is 19.5 Å². The zero-order valence-electron chi connectivity index (χ0n) is 16.6. The standard InChI is InChI=1S/C20H24Cl2N5O2/c1-24-18-17(19(28)25(2)20(24)29)27(11-13-6-7-14(21)10-15(13)22)16(23-18)12-26-8-4-3-5-9-26/h6-7,10,17H,3-5,8-9,11-12H2,1-2H3/q+1. The van der Waals surface area contributed by atoms with Gasteiger partial charge in [-0.2, -0.15) is 0 Å². The molecule has 2 fully saturated rings. The molecule has 0 aromatic heterocycles. The summed E-state index contributed by atoms with van der Waals surface area (Å²) in [6.45, 7) is 3.08. The lowest BCUT2D eigenvalue weighted by molar-refractivity contribution is -0.552. The van der Waals surface area contributed by atoms with Crippen LogP contribution in [0.1, 0.15) is 24.8 Å². The molecule has 0 bridgehead atoms. The van der Waals surface area contributed by atoms with Gasteiger partial charge in [-0.1, -0.05) is 35.7 Å². The first kappa shape index (κ1) is 20.3. The number of nitrogens with zero attached hydrogens (tertiary/aromatic N) is 5. The second kappa shape index (κ2) is 8.05. The highest BCUT2D eigenvalue weighted by atomic mass is 35.5. The van der Waals surface area contributed by atoms with Gasteiger partial charge in [-0.15, -0.1) is 0 Å². The van der Waals surface area contributed by atoms with Gasteiger partial charge in [-0.25, -0.2) is 9.37 Å². The largest absolute Gasteiger partial charge is 0.333 e. The predicted molar refractivity (Wildman–Crippen MR) is 113 cm³/mol. The molecule has 1 atom stereocenters. The van der Waals surface area contributed by atoms with Gasteiger partial charge in [0.2, 0.25) is 0 Å². The molecule has 7 nitrogen and oxygen atoms in total. The highest BCUT2D eigenvalue weighted by Crippen LogP contribution is 2.26. The second-order valence-corrected chi connectivity index (χ2v) is 8.57. The maximum atomic E-state index is 13.0. The minimum Gasteiger partial charge on any atom is -0.292 e. The molecule has 0 spiro atoms. The summed E-state index contributed by atoms with van der Waals surface area (Å²) in [6.07, 6.45) is 3.57. The molecular weight excluding hydrogens is 413 g/mol. The number of piperidine rings is 1. The van der Waals surface area contributed by atoms with Crippen LogP contribution >= 0.6 is 23.2 Å². The predicted octanol–water partition coefficient (Wildman–Crippen LogP) is 2.69. The molecule has 1 unspecified atom stereocenters. The number of fused-ring (bicyclic) bond motifs is 1. The van der Waals surface area contributed by atoms with Gasteiger partial charge in [0.1, 0.15) is 13.1 Å². The minimum atomic E-state index is -0.630. The van der Waals surface area contributed by atoms with Gasteiger partial charge in [0.25, 0.3) is 17.8 Å². The minimum absolute atomic E-state index is 0.273. The van der Waals surface area contributed by atoms with Crippen LogP contribution in [0.5, 0.6) is 0 Å². The van der Waals surface area contributed by atoms with Crippen molar-refractivity contribution in [3.63, 3.8) is 0 Å². The van der Waals surface area contributed by atoms with E-state index in [2.05, 4.69) is 4.90 Å². The number of hydrogen-bond donors (Lipinski definition) is 0. The summed E-state index contributed by atoms with van der Waals surface area (Å²) in [6, 6.07) is 4.36. The molecule has 29 heavy (non-hydrogen) atoms. The van der Waals surface area contributed by atoms with Crippen molar-refractivity contribution < 1.29 is 14.2 Å². The molecule has 9 heteroatoms. The van der Waals surface area contributed by atoms with E-state index in [0.717, 1.165) is 42.2 Å². The first-order valence-electron chi connectivity index (χ1n) is 9.79.